The lowest BCUT2D eigenvalue weighted by Gasteiger charge is -2.24. The molecule has 2 aliphatic rings. The molecule has 1 fully saturated rings. The number of nitrogens with zero attached hydrogens (tertiary/aromatic N) is 4. The molecule has 0 aromatic carbocycles. The van der Waals surface area contributed by atoms with Crippen molar-refractivity contribution < 1.29 is 4.79 Å². The smallest absolute Gasteiger partial charge is 0.227 e. The van der Waals surface area contributed by atoms with Gasteiger partial charge < -0.3 is 9.47 Å². The molecule has 5 nitrogen and oxygen atoms in total. The van der Waals surface area contributed by atoms with Gasteiger partial charge in [-0.25, -0.2) is 0 Å². The Hall–Kier alpha value is -1.69. The summed E-state index contributed by atoms with van der Waals surface area (Å²) in [5.74, 6) is 2.34. The Morgan fingerprint density at radius 1 is 1.22 bits per heavy atom. The third kappa shape index (κ3) is 2.92. The second kappa shape index (κ2) is 6.43. The van der Waals surface area contributed by atoms with Crippen LogP contribution in [0.4, 0.5) is 0 Å². The SMILES string of the molecule is O=C(Cc1ccsc1)N1CCC[C@H]1c1nnc2n1CCCCC2. The van der Waals surface area contributed by atoms with E-state index in [0.717, 1.165) is 49.6 Å². The van der Waals surface area contributed by atoms with Gasteiger partial charge in [0.05, 0.1) is 12.5 Å². The van der Waals surface area contributed by atoms with Gasteiger partial charge in [-0.2, -0.15) is 11.3 Å². The predicted octanol–water partition coefficient (Wildman–Crippen LogP) is 2.97. The van der Waals surface area contributed by atoms with Gasteiger partial charge in [0, 0.05) is 19.5 Å². The number of rotatable bonds is 3. The molecule has 0 unspecified atom stereocenters. The van der Waals surface area contributed by atoms with Gasteiger partial charge in [-0.3, -0.25) is 4.79 Å². The predicted molar refractivity (Wildman–Crippen MR) is 89.3 cm³/mol. The van der Waals surface area contributed by atoms with Crippen LogP contribution in [0.5, 0.6) is 0 Å². The molecule has 2 aliphatic heterocycles. The molecule has 0 spiro atoms. The minimum Gasteiger partial charge on any atom is -0.332 e. The highest BCUT2D eigenvalue weighted by atomic mass is 32.1. The molecule has 0 saturated carbocycles. The summed E-state index contributed by atoms with van der Waals surface area (Å²) in [6, 6.07) is 2.15. The quantitative estimate of drug-likeness (QED) is 0.869. The molecule has 122 valence electrons. The van der Waals surface area contributed by atoms with E-state index < -0.39 is 0 Å². The second-order valence-corrected chi connectivity index (χ2v) is 7.27. The molecule has 2 aromatic heterocycles. The van der Waals surface area contributed by atoms with E-state index in [-0.39, 0.29) is 11.9 Å². The van der Waals surface area contributed by atoms with Gasteiger partial charge in [-0.05, 0) is 48.1 Å². The van der Waals surface area contributed by atoms with Crippen LogP contribution in [0.15, 0.2) is 16.8 Å². The van der Waals surface area contributed by atoms with Gasteiger partial charge in [0.1, 0.15) is 5.82 Å². The molecule has 23 heavy (non-hydrogen) atoms. The lowest BCUT2D eigenvalue weighted by Crippen LogP contribution is -2.33. The van der Waals surface area contributed by atoms with Crippen LogP contribution in [0.1, 0.15) is 55.4 Å². The number of likely N-dealkylation sites (tertiary alicyclic amines) is 1. The summed E-state index contributed by atoms with van der Waals surface area (Å²) in [7, 11) is 0. The third-order valence-corrected chi connectivity index (χ3v) is 5.68. The average molecular weight is 330 g/mol. The Balaban J connectivity index is 1.56. The second-order valence-electron chi connectivity index (χ2n) is 6.49. The zero-order valence-corrected chi connectivity index (χ0v) is 14.1. The number of amides is 1. The Morgan fingerprint density at radius 3 is 3.04 bits per heavy atom. The number of aromatic nitrogens is 3. The molecule has 6 heteroatoms. The number of thiophene rings is 1. The molecule has 0 aliphatic carbocycles. The summed E-state index contributed by atoms with van der Waals surface area (Å²) in [6.45, 7) is 1.84. The normalized spacial score (nSPS) is 21.2. The lowest BCUT2D eigenvalue weighted by atomic mass is 10.1. The zero-order chi connectivity index (χ0) is 15.6. The summed E-state index contributed by atoms with van der Waals surface area (Å²) < 4.78 is 2.29. The van der Waals surface area contributed by atoms with Crippen LogP contribution >= 0.6 is 11.3 Å². The average Bonchev–Trinajstić information content (AvgIpc) is 3.26. The maximum Gasteiger partial charge on any atom is 0.227 e. The van der Waals surface area contributed by atoms with E-state index in [2.05, 4.69) is 20.1 Å². The Labute approximate surface area is 140 Å². The number of hydrogen-bond acceptors (Lipinski definition) is 4. The van der Waals surface area contributed by atoms with Crippen molar-refractivity contribution in [2.75, 3.05) is 6.54 Å². The van der Waals surface area contributed by atoms with E-state index in [1.807, 2.05) is 16.3 Å². The van der Waals surface area contributed by atoms with Crippen molar-refractivity contribution in [2.24, 2.45) is 0 Å². The van der Waals surface area contributed by atoms with Crippen molar-refractivity contribution in [1.29, 1.82) is 0 Å². The van der Waals surface area contributed by atoms with Crippen LogP contribution in [0.2, 0.25) is 0 Å². The van der Waals surface area contributed by atoms with Crippen LogP contribution in [0, 0.1) is 0 Å². The van der Waals surface area contributed by atoms with Crippen LogP contribution < -0.4 is 0 Å². The molecular formula is C17H22N4OS. The Morgan fingerprint density at radius 2 is 2.17 bits per heavy atom. The van der Waals surface area contributed by atoms with Crippen LogP contribution in [-0.2, 0) is 24.2 Å². The van der Waals surface area contributed by atoms with Crippen molar-refractivity contribution in [3.63, 3.8) is 0 Å². The molecule has 1 saturated heterocycles. The topological polar surface area (TPSA) is 51.0 Å². The summed E-state index contributed by atoms with van der Waals surface area (Å²) in [5, 5.41) is 13.0. The molecule has 0 bridgehead atoms. The summed E-state index contributed by atoms with van der Waals surface area (Å²) in [6.07, 6.45) is 7.23. The third-order valence-electron chi connectivity index (χ3n) is 4.94. The maximum absolute atomic E-state index is 12.7. The fraction of sp³-hybridized carbons (Fsp3) is 0.588. The summed E-state index contributed by atoms with van der Waals surface area (Å²) in [5.41, 5.74) is 1.12. The molecule has 0 radical (unpaired) electrons. The van der Waals surface area contributed by atoms with Crippen LogP contribution in [0.3, 0.4) is 0 Å². The number of carbonyl (C=O) groups excluding carboxylic acids is 1. The highest BCUT2D eigenvalue weighted by Crippen LogP contribution is 2.32. The largest absolute Gasteiger partial charge is 0.332 e. The lowest BCUT2D eigenvalue weighted by molar-refractivity contribution is -0.131. The maximum atomic E-state index is 12.7. The molecule has 1 atom stereocenters. The molecule has 4 heterocycles. The number of aryl methyl sites for hydroxylation is 1. The molecular weight excluding hydrogens is 308 g/mol. The van der Waals surface area contributed by atoms with E-state index in [1.54, 1.807) is 11.3 Å². The van der Waals surface area contributed by atoms with Crippen molar-refractivity contribution in [2.45, 2.75) is 57.5 Å². The van der Waals surface area contributed by atoms with Gasteiger partial charge in [0.15, 0.2) is 5.82 Å². The number of carbonyl (C=O) groups is 1. The Bertz CT molecular complexity index is 679. The minimum absolute atomic E-state index is 0.112. The molecule has 0 N–H and O–H groups in total. The van der Waals surface area contributed by atoms with E-state index in [9.17, 15) is 4.79 Å². The fourth-order valence-electron chi connectivity index (χ4n) is 3.76. The van der Waals surface area contributed by atoms with Crippen LogP contribution in [0.25, 0.3) is 0 Å². The first-order valence-corrected chi connectivity index (χ1v) is 9.50. The van der Waals surface area contributed by atoms with E-state index in [1.165, 1.54) is 19.3 Å². The highest BCUT2D eigenvalue weighted by molar-refractivity contribution is 7.07. The van der Waals surface area contributed by atoms with Crippen molar-refractivity contribution >= 4 is 17.2 Å². The van der Waals surface area contributed by atoms with E-state index in [0.29, 0.717) is 6.42 Å². The zero-order valence-electron chi connectivity index (χ0n) is 13.3. The van der Waals surface area contributed by atoms with Gasteiger partial charge in [-0.15, -0.1) is 10.2 Å². The molecule has 1 amide bonds. The van der Waals surface area contributed by atoms with Gasteiger partial charge in [0.2, 0.25) is 5.91 Å². The highest BCUT2D eigenvalue weighted by Gasteiger charge is 2.34. The van der Waals surface area contributed by atoms with Gasteiger partial charge in [0.25, 0.3) is 0 Å². The summed E-state index contributed by atoms with van der Waals surface area (Å²) >= 11 is 1.65. The van der Waals surface area contributed by atoms with Crippen molar-refractivity contribution in [3.8, 4) is 0 Å². The first-order chi connectivity index (χ1) is 11.3. The Kier molecular flexibility index (Phi) is 4.16. The number of fused-ring (bicyclic) bond motifs is 1. The monoisotopic (exact) mass is 330 g/mol. The first kappa shape index (κ1) is 14.9. The van der Waals surface area contributed by atoms with E-state index >= 15 is 0 Å². The minimum atomic E-state index is 0.112. The standard InChI is InChI=1S/C17H22N4OS/c22-16(11-13-7-10-23-12-13)20-9-4-5-14(20)17-19-18-15-6-2-1-3-8-21(15)17/h7,10,12,14H,1-6,8-9,11H2/t14-/m0/s1. The molecule has 4 rings (SSSR count). The van der Waals surface area contributed by atoms with Crippen molar-refractivity contribution in [3.05, 3.63) is 34.0 Å². The van der Waals surface area contributed by atoms with Crippen LogP contribution in [-0.4, -0.2) is 32.1 Å². The first-order valence-electron chi connectivity index (χ1n) is 8.55. The van der Waals surface area contributed by atoms with Crippen molar-refractivity contribution in [1.82, 2.24) is 19.7 Å². The van der Waals surface area contributed by atoms with E-state index in [4.69, 9.17) is 0 Å². The molecule has 2 aromatic rings. The fourth-order valence-corrected chi connectivity index (χ4v) is 4.43. The van der Waals surface area contributed by atoms with Gasteiger partial charge >= 0.3 is 0 Å². The van der Waals surface area contributed by atoms with Gasteiger partial charge in [-0.1, -0.05) is 6.42 Å². The number of hydrogen-bond donors (Lipinski definition) is 0. The summed E-state index contributed by atoms with van der Waals surface area (Å²) in [4.78, 5) is 14.8.